The van der Waals surface area contributed by atoms with Gasteiger partial charge in [-0.3, -0.25) is 10.1 Å². The molecule has 0 aliphatic rings. The van der Waals surface area contributed by atoms with Crippen molar-refractivity contribution < 1.29 is 18.1 Å². The molecule has 0 bridgehead atoms. The number of nitrogens with one attached hydrogen (secondary N) is 1. The molecule has 0 aromatic heterocycles. The number of halogens is 3. The summed E-state index contributed by atoms with van der Waals surface area (Å²) in [6.07, 6.45) is 0. The molecule has 0 atom stereocenters. The van der Waals surface area contributed by atoms with Gasteiger partial charge in [-0.15, -0.1) is 0 Å². The fourth-order valence-electron chi connectivity index (χ4n) is 1.90. The Bertz CT molecular complexity index is 705. The molecular weight excluding hydrogens is 285 g/mol. The highest BCUT2D eigenvalue weighted by Gasteiger charge is 2.21. The molecule has 2 aromatic rings. The predicted molar refractivity (Wildman–Crippen MR) is 71.5 cm³/mol. The third-order valence-electron chi connectivity index (χ3n) is 3.03. The summed E-state index contributed by atoms with van der Waals surface area (Å²) in [6.45, 7) is 1.66. The minimum atomic E-state index is -1.32. The van der Waals surface area contributed by atoms with Gasteiger partial charge in [0.1, 0.15) is 5.82 Å². The SMILES string of the molecule is Cc1cc(F)ccc1CNc1c([N+](=O)[O-])ccc(F)c1F. The maximum atomic E-state index is 13.7. The number of nitro benzene ring substituents is 1. The van der Waals surface area contributed by atoms with Crippen LogP contribution < -0.4 is 5.32 Å². The van der Waals surface area contributed by atoms with E-state index in [9.17, 15) is 23.3 Å². The van der Waals surface area contributed by atoms with E-state index in [2.05, 4.69) is 5.32 Å². The van der Waals surface area contributed by atoms with Crippen molar-refractivity contribution in [2.75, 3.05) is 5.32 Å². The van der Waals surface area contributed by atoms with E-state index in [4.69, 9.17) is 0 Å². The maximum Gasteiger partial charge on any atom is 0.295 e. The second-order valence-electron chi connectivity index (χ2n) is 4.44. The summed E-state index contributed by atoms with van der Waals surface area (Å²) >= 11 is 0. The monoisotopic (exact) mass is 296 g/mol. The molecule has 0 amide bonds. The molecule has 0 unspecified atom stereocenters. The first-order chi connectivity index (χ1) is 9.90. The lowest BCUT2D eigenvalue weighted by molar-refractivity contribution is -0.384. The van der Waals surface area contributed by atoms with Crippen LogP contribution in [0, 0.1) is 34.5 Å². The van der Waals surface area contributed by atoms with E-state index in [1.54, 1.807) is 6.92 Å². The van der Waals surface area contributed by atoms with Crippen molar-refractivity contribution in [1.29, 1.82) is 0 Å². The Kier molecular flexibility index (Phi) is 4.11. The Morgan fingerprint density at radius 3 is 2.52 bits per heavy atom. The van der Waals surface area contributed by atoms with Crippen LogP contribution in [0.15, 0.2) is 30.3 Å². The molecule has 4 nitrogen and oxygen atoms in total. The average Bonchev–Trinajstić information content (AvgIpc) is 2.41. The largest absolute Gasteiger partial charge is 0.373 e. The number of hydrogen-bond donors (Lipinski definition) is 1. The average molecular weight is 296 g/mol. The van der Waals surface area contributed by atoms with Gasteiger partial charge in [-0.25, -0.2) is 13.2 Å². The lowest BCUT2D eigenvalue weighted by atomic mass is 10.1. The van der Waals surface area contributed by atoms with Crippen molar-refractivity contribution in [2.24, 2.45) is 0 Å². The van der Waals surface area contributed by atoms with Crippen LogP contribution in [0.5, 0.6) is 0 Å². The van der Waals surface area contributed by atoms with Gasteiger partial charge in [0, 0.05) is 12.6 Å². The van der Waals surface area contributed by atoms with Crippen LogP contribution in [0.4, 0.5) is 24.5 Å². The van der Waals surface area contributed by atoms with E-state index in [0.717, 1.165) is 6.07 Å². The summed E-state index contributed by atoms with van der Waals surface area (Å²) < 4.78 is 39.9. The Hall–Kier alpha value is -2.57. The number of rotatable bonds is 4. The summed E-state index contributed by atoms with van der Waals surface area (Å²) in [5.74, 6) is -2.91. The van der Waals surface area contributed by atoms with Crippen molar-refractivity contribution in [3.63, 3.8) is 0 Å². The zero-order valence-corrected chi connectivity index (χ0v) is 11.0. The van der Waals surface area contributed by atoms with Crippen LogP contribution in [0.2, 0.25) is 0 Å². The van der Waals surface area contributed by atoms with E-state index < -0.39 is 33.7 Å². The molecule has 0 heterocycles. The summed E-state index contributed by atoms with van der Waals surface area (Å²) in [5, 5.41) is 13.3. The van der Waals surface area contributed by atoms with Gasteiger partial charge in [-0.1, -0.05) is 6.07 Å². The van der Waals surface area contributed by atoms with Gasteiger partial charge in [0.2, 0.25) is 0 Å². The molecule has 7 heteroatoms. The molecule has 0 spiro atoms. The summed E-state index contributed by atoms with van der Waals surface area (Å²) in [5.41, 5.74) is 0.133. The van der Waals surface area contributed by atoms with Crippen molar-refractivity contribution in [2.45, 2.75) is 13.5 Å². The zero-order chi connectivity index (χ0) is 15.6. The van der Waals surface area contributed by atoms with Gasteiger partial charge in [0.05, 0.1) is 4.92 Å². The number of hydrogen-bond acceptors (Lipinski definition) is 3. The highest BCUT2D eigenvalue weighted by atomic mass is 19.2. The molecule has 2 rings (SSSR count). The second kappa shape index (κ2) is 5.82. The molecular formula is C14H11F3N2O2. The van der Waals surface area contributed by atoms with E-state index in [0.29, 0.717) is 17.2 Å². The van der Waals surface area contributed by atoms with Crippen LogP contribution in [0.3, 0.4) is 0 Å². The first kappa shape index (κ1) is 14.8. The summed E-state index contributed by atoms with van der Waals surface area (Å²) in [6, 6.07) is 5.56. The van der Waals surface area contributed by atoms with Crippen LogP contribution in [-0.4, -0.2) is 4.92 Å². The molecule has 0 saturated carbocycles. The Balaban J connectivity index is 2.31. The van der Waals surface area contributed by atoms with Gasteiger partial charge >= 0.3 is 0 Å². The van der Waals surface area contributed by atoms with E-state index in [-0.39, 0.29) is 6.54 Å². The van der Waals surface area contributed by atoms with E-state index >= 15 is 0 Å². The van der Waals surface area contributed by atoms with E-state index in [1.165, 1.54) is 18.2 Å². The van der Waals surface area contributed by atoms with Crippen molar-refractivity contribution in [1.82, 2.24) is 0 Å². The minimum absolute atomic E-state index is 0.00727. The molecule has 1 N–H and O–H groups in total. The fourth-order valence-corrected chi connectivity index (χ4v) is 1.90. The molecule has 0 radical (unpaired) electrons. The van der Waals surface area contributed by atoms with Gasteiger partial charge in [-0.05, 0) is 36.2 Å². The third-order valence-corrected chi connectivity index (χ3v) is 3.03. The Morgan fingerprint density at radius 2 is 1.90 bits per heavy atom. The number of nitro groups is 1. The lowest BCUT2D eigenvalue weighted by Gasteiger charge is -2.10. The Morgan fingerprint density at radius 1 is 1.19 bits per heavy atom. The fraction of sp³-hybridized carbons (Fsp3) is 0.143. The first-order valence-corrected chi connectivity index (χ1v) is 6.01. The molecule has 0 aliphatic heterocycles. The summed E-state index contributed by atoms with van der Waals surface area (Å²) in [7, 11) is 0. The van der Waals surface area contributed by atoms with Crippen molar-refractivity contribution in [3.05, 3.63) is 69.0 Å². The zero-order valence-electron chi connectivity index (χ0n) is 11.0. The number of benzene rings is 2. The number of aryl methyl sites for hydroxylation is 1. The second-order valence-corrected chi connectivity index (χ2v) is 4.44. The number of nitrogens with zero attached hydrogens (tertiary/aromatic N) is 1. The van der Waals surface area contributed by atoms with Gasteiger partial charge in [-0.2, -0.15) is 0 Å². The Labute approximate surface area is 118 Å². The predicted octanol–water partition coefficient (Wildman–Crippen LogP) is 3.93. The maximum absolute atomic E-state index is 13.7. The standard InChI is InChI=1S/C14H11F3N2O2/c1-8-6-10(15)3-2-9(8)7-18-14-12(19(20)21)5-4-11(16)13(14)17/h2-6,18H,7H2,1H3. The normalized spacial score (nSPS) is 10.5. The van der Waals surface area contributed by atoms with Crippen LogP contribution in [-0.2, 0) is 6.54 Å². The van der Waals surface area contributed by atoms with Crippen molar-refractivity contribution >= 4 is 11.4 Å². The van der Waals surface area contributed by atoms with Crippen LogP contribution in [0.25, 0.3) is 0 Å². The van der Waals surface area contributed by atoms with Gasteiger partial charge in [0.15, 0.2) is 17.3 Å². The van der Waals surface area contributed by atoms with Crippen LogP contribution in [0.1, 0.15) is 11.1 Å². The smallest absolute Gasteiger partial charge is 0.295 e. The van der Waals surface area contributed by atoms with E-state index in [1.807, 2.05) is 0 Å². The lowest BCUT2D eigenvalue weighted by Crippen LogP contribution is -2.07. The highest BCUT2D eigenvalue weighted by molar-refractivity contribution is 5.62. The molecule has 2 aromatic carbocycles. The molecule has 21 heavy (non-hydrogen) atoms. The van der Waals surface area contributed by atoms with Crippen LogP contribution >= 0.6 is 0 Å². The van der Waals surface area contributed by atoms with Gasteiger partial charge < -0.3 is 5.32 Å². The molecule has 110 valence electrons. The third kappa shape index (κ3) is 3.13. The van der Waals surface area contributed by atoms with Crippen molar-refractivity contribution in [3.8, 4) is 0 Å². The minimum Gasteiger partial charge on any atom is -0.373 e. The quantitative estimate of drug-likeness (QED) is 0.687. The first-order valence-electron chi connectivity index (χ1n) is 6.01. The summed E-state index contributed by atoms with van der Waals surface area (Å²) in [4.78, 5) is 10.0. The highest BCUT2D eigenvalue weighted by Crippen LogP contribution is 2.29. The number of anilines is 1. The molecule has 0 aliphatic carbocycles. The molecule has 0 saturated heterocycles. The van der Waals surface area contributed by atoms with Gasteiger partial charge in [0.25, 0.3) is 5.69 Å². The topological polar surface area (TPSA) is 55.2 Å². The molecule has 0 fully saturated rings.